The van der Waals surface area contributed by atoms with E-state index in [1.165, 1.54) is 25.7 Å². The van der Waals surface area contributed by atoms with Crippen molar-refractivity contribution in [3.63, 3.8) is 0 Å². The maximum absolute atomic E-state index is 3.00. The highest BCUT2D eigenvalue weighted by Gasteiger charge is 1.83. The molecule has 0 atom stereocenters. The first-order valence-corrected chi connectivity index (χ1v) is 3.40. The predicted octanol–water partition coefficient (Wildman–Crippen LogP) is 1.95. The van der Waals surface area contributed by atoms with E-state index in [2.05, 4.69) is 18.8 Å². The van der Waals surface area contributed by atoms with Crippen LogP contribution in [0.1, 0.15) is 32.6 Å². The second-order valence-electron chi connectivity index (χ2n) is 1.99. The number of hydrogen-bond donors (Lipinski definition) is 1. The third-order valence-corrected chi connectivity index (χ3v) is 1.16. The van der Waals surface area contributed by atoms with Gasteiger partial charge in [0, 0.05) is 6.54 Å². The van der Waals surface area contributed by atoms with E-state index in [1.54, 1.807) is 0 Å². The molecule has 0 rings (SSSR count). The van der Waals surface area contributed by atoms with Gasteiger partial charge in [-0.1, -0.05) is 26.2 Å². The van der Waals surface area contributed by atoms with Crippen molar-refractivity contribution in [2.45, 2.75) is 32.6 Å². The summed E-state index contributed by atoms with van der Waals surface area (Å²) in [6, 6.07) is 0. The molecule has 0 spiro atoms. The third-order valence-electron chi connectivity index (χ3n) is 1.16. The molecule has 49 valence electrons. The summed E-state index contributed by atoms with van der Waals surface area (Å²) in [5, 5.41) is 3.00. The topological polar surface area (TPSA) is 12.0 Å². The lowest BCUT2D eigenvalue weighted by atomic mass is 10.2. The second-order valence-corrected chi connectivity index (χ2v) is 1.99. The van der Waals surface area contributed by atoms with Crippen molar-refractivity contribution in [1.29, 1.82) is 0 Å². The van der Waals surface area contributed by atoms with Crippen LogP contribution < -0.4 is 5.32 Å². The summed E-state index contributed by atoms with van der Waals surface area (Å²) >= 11 is 0. The molecular formula is C7H16N. The molecule has 1 heteroatoms. The molecule has 0 unspecified atom stereocenters. The molecule has 0 bridgehead atoms. The summed E-state index contributed by atoms with van der Waals surface area (Å²) in [6.45, 7) is 4.33. The summed E-state index contributed by atoms with van der Waals surface area (Å²) in [4.78, 5) is 0. The van der Waals surface area contributed by atoms with E-state index in [4.69, 9.17) is 0 Å². The fraction of sp³-hybridized carbons (Fsp3) is 0.857. The van der Waals surface area contributed by atoms with Gasteiger partial charge in [0.1, 0.15) is 0 Å². The first-order valence-electron chi connectivity index (χ1n) is 3.40. The molecule has 0 fully saturated rings. The van der Waals surface area contributed by atoms with Gasteiger partial charge in [-0.25, -0.2) is 0 Å². The monoisotopic (exact) mass is 114 g/mol. The van der Waals surface area contributed by atoms with Gasteiger partial charge in [-0.05, 0) is 13.5 Å². The molecule has 8 heavy (non-hydrogen) atoms. The summed E-state index contributed by atoms with van der Waals surface area (Å²) in [7, 11) is 1.95. The zero-order valence-electron chi connectivity index (χ0n) is 5.91. The van der Waals surface area contributed by atoms with Crippen LogP contribution in [0.25, 0.3) is 0 Å². The number of hydrogen-bond acceptors (Lipinski definition) is 1. The van der Waals surface area contributed by atoms with Crippen LogP contribution in [0, 0.1) is 6.54 Å². The van der Waals surface area contributed by atoms with Gasteiger partial charge in [-0.3, -0.25) is 0 Å². The van der Waals surface area contributed by atoms with Crippen molar-refractivity contribution in [2.24, 2.45) is 0 Å². The Hall–Kier alpha value is -0.0400. The molecule has 0 aliphatic rings. The van der Waals surface area contributed by atoms with E-state index in [1.807, 2.05) is 7.05 Å². The van der Waals surface area contributed by atoms with E-state index in [0.29, 0.717) is 0 Å². The van der Waals surface area contributed by atoms with Crippen molar-refractivity contribution in [3.8, 4) is 0 Å². The molecule has 0 saturated carbocycles. The maximum atomic E-state index is 3.00. The minimum absolute atomic E-state index is 1.21. The molecule has 0 aliphatic carbocycles. The highest BCUT2D eigenvalue weighted by atomic mass is 14.8. The van der Waals surface area contributed by atoms with Crippen molar-refractivity contribution >= 4 is 0 Å². The third kappa shape index (κ3) is 5.96. The lowest BCUT2D eigenvalue weighted by molar-refractivity contribution is 0.685. The Balaban J connectivity index is 2.53. The molecule has 0 amide bonds. The van der Waals surface area contributed by atoms with Gasteiger partial charge in [0.05, 0.1) is 0 Å². The summed E-state index contributed by atoms with van der Waals surface area (Å²) in [5.41, 5.74) is 0. The van der Waals surface area contributed by atoms with Crippen LogP contribution in [-0.4, -0.2) is 7.05 Å². The number of rotatable bonds is 5. The Labute approximate surface area is 52.5 Å². The minimum Gasteiger partial charge on any atom is -0.315 e. The number of nitrogens with one attached hydrogen (secondary N) is 1. The average molecular weight is 114 g/mol. The van der Waals surface area contributed by atoms with Crippen molar-refractivity contribution in [3.05, 3.63) is 6.54 Å². The van der Waals surface area contributed by atoms with Crippen LogP contribution in [0.4, 0.5) is 0 Å². The molecule has 1 N–H and O–H groups in total. The van der Waals surface area contributed by atoms with Crippen LogP contribution in [0.3, 0.4) is 0 Å². The van der Waals surface area contributed by atoms with Gasteiger partial charge in [0.15, 0.2) is 0 Å². The van der Waals surface area contributed by atoms with Crippen molar-refractivity contribution in [1.82, 2.24) is 5.32 Å². The SMILES string of the molecule is CCCCC[CH]NC. The molecule has 0 aliphatic heterocycles. The molecule has 1 nitrogen and oxygen atoms in total. The standard InChI is InChI=1S/C7H16N/c1-3-4-5-6-7-8-2/h7-8H,3-6H2,1-2H3. The first-order chi connectivity index (χ1) is 3.91. The Kier molecular flexibility index (Phi) is 6.93. The van der Waals surface area contributed by atoms with Gasteiger partial charge in [0.25, 0.3) is 0 Å². The molecule has 0 saturated heterocycles. The van der Waals surface area contributed by atoms with E-state index < -0.39 is 0 Å². The first kappa shape index (κ1) is 7.96. The predicted molar refractivity (Wildman–Crippen MR) is 37.5 cm³/mol. The fourth-order valence-electron chi connectivity index (χ4n) is 0.641. The zero-order valence-corrected chi connectivity index (χ0v) is 5.91. The van der Waals surface area contributed by atoms with Gasteiger partial charge < -0.3 is 5.32 Å². The van der Waals surface area contributed by atoms with Crippen LogP contribution in [0.2, 0.25) is 0 Å². The van der Waals surface area contributed by atoms with E-state index >= 15 is 0 Å². The van der Waals surface area contributed by atoms with Gasteiger partial charge >= 0.3 is 0 Å². The van der Waals surface area contributed by atoms with Crippen LogP contribution in [0.5, 0.6) is 0 Å². The largest absolute Gasteiger partial charge is 0.315 e. The highest BCUT2D eigenvalue weighted by molar-refractivity contribution is 4.56. The zero-order chi connectivity index (χ0) is 6.24. The van der Waals surface area contributed by atoms with Crippen LogP contribution in [0.15, 0.2) is 0 Å². The van der Waals surface area contributed by atoms with Gasteiger partial charge in [0.2, 0.25) is 0 Å². The molecule has 0 aromatic carbocycles. The highest BCUT2D eigenvalue weighted by Crippen LogP contribution is 1.98. The molecule has 1 radical (unpaired) electrons. The van der Waals surface area contributed by atoms with Crippen molar-refractivity contribution in [2.75, 3.05) is 7.05 Å². The van der Waals surface area contributed by atoms with Crippen LogP contribution >= 0.6 is 0 Å². The van der Waals surface area contributed by atoms with Crippen LogP contribution in [-0.2, 0) is 0 Å². The Morgan fingerprint density at radius 2 is 2.12 bits per heavy atom. The molecular weight excluding hydrogens is 98.1 g/mol. The maximum Gasteiger partial charge on any atom is 0.0218 e. The Morgan fingerprint density at radius 1 is 1.38 bits per heavy atom. The smallest absolute Gasteiger partial charge is 0.0218 e. The van der Waals surface area contributed by atoms with E-state index in [-0.39, 0.29) is 0 Å². The van der Waals surface area contributed by atoms with Gasteiger partial charge in [-0.2, -0.15) is 0 Å². The second kappa shape index (κ2) is 6.96. The Bertz CT molecular complexity index is 29.4. The van der Waals surface area contributed by atoms with E-state index in [9.17, 15) is 0 Å². The van der Waals surface area contributed by atoms with Gasteiger partial charge in [-0.15, -0.1) is 0 Å². The summed E-state index contributed by atoms with van der Waals surface area (Å²) in [5.74, 6) is 0. The molecule has 0 aromatic heterocycles. The Morgan fingerprint density at radius 3 is 2.62 bits per heavy atom. The molecule has 0 aromatic rings. The lowest BCUT2D eigenvalue weighted by Gasteiger charge is -1.94. The summed E-state index contributed by atoms with van der Waals surface area (Å²) in [6.07, 6.45) is 5.22. The lowest BCUT2D eigenvalue weighted by Crippen LogP contribution is -1.99. The molecule has 0 heterocycles. The quantitative estimate of drug-likeness (QED) is 0.539. The normalized spacial score (nSPS) is 9.75. The number of unbranched alkanes of at least 4 members (excludes halogenated alkanes) is 3. The van der Waals surface area contributed by atoms with E-state index in [0.717, 1.165) is 0 Å². The fourth-order valence-corrected chi connectivity index (χ4v) is 0.641. The van der Waals surface area contributed by atoms with Crippen molar-refractivity contribution < 1.29 is 0 Å². The minimum atomic E-state index is 1.21. The average Bonchev–Trinajstić information content (AvgIpc) is 1.81. The summed E-state index contributed by atoms with van der Waals surface area (Å²) < 4.78 is 0.